The minimum absolute atomic E-state index is 0.0937. The molecule has 1 atom stereocenters. The molecule has 2 aromatic carbocycles. The van der Waals surface area contributed by atoms with E-state index in [2.05, 4.69) is 21.2 Å². The van der Waals surface area contributed by atoms with Crippen molar-refractivity contribution >= 4 is 27.6 Å². The number of anilines is 1. The Labute approximate surface area is 137 Å². The van der Waals surface area contributed by atoms with Crippen molar-refractivity contribution in [1.29, 1.82) is 0 Å². The molecule has 3 rings (SSSR count). The number of nitrogens with one attached hydrogen (secondary N) is 1. The van der Waals surface area contributed by atoms with Crippen molar-refractivity contribution in [2.75, 3.05) is 19.0 Å². The Kier molecular flexibility index (Phi) is 4.34. The van der Waals surface area contributed by atoms with E-state index in [-0.39, 0.29) is 18.5 Å². The topological polar surface area (TPSA) is 47.6 Å². The lowest BCUT2D eigenvalue weighted by Gasteiger charge is -2.29. The Bertz CT molecular complexity index is 702. The lowest BCUT2D eigenvalue weighted by atomic mass is 10.0. The van der Waals surface area contributed by atoms with E-state index < -0.39 is 0 Å². The smallest absolute Gasteiger partial charge is 0.310 e. The van der Waals surface area contributed by atoms with Gasteiger partial charge in [0.25, 0.3) is 0 Å². The first-order valence-corrected chi connectivity index (χ1v) is 7.81. The zero-order chi connectivity index (χ0) is 15.5. The van der Waals surface area contributed by atoms with Crippen LogP contribution in [0.5, 0.6) is 5.75 Å². The van der Waals surface area contributed by atoms with Crippen molar-refractivity contribution in [2.24, 2.45) is 0 Å². The number of para-hydroxylation sites is 1. The Hall–Kier alpha value is -2.01. The molecule has 5 heteroatoms. The zero-order valence-electron chi connectivity index (χ0n) is 12.1. The summed E-state index contributed by atoms with van der Waals surface area (Å²) >= 11 is 3.48. The molecule has 114 valence electrons. The maximum atomic E-state index is 11.6. The number of carbonyl (C=O) groups excluding carboxylic acids is 1. The summed E-state index contributed by atoms with van der Waals surface area (Å²) in [5.74, 6) is 0.450. The highest BCUT2D eigenvalue weighted by Gasteiger charge is 2.24. The van der Waals surface area contributed by atoms with Crippen LogP contribution in [0.4, 0.5) is 5.69 Å². The van der Waals surface area contributed by atoms with Crippen molar-refractivity contribution in [1.82, 2.24) is 0 Å². The number of carbonyl (C=O) groups is 1. The van der Waals surface area contributed by atoms with Gasteiger partial charge in [0.05, 0.1) is 25.8 Å². The van der Waals surface area contributed by atoms with Crippen molar-refractivity contribution in [3.05, 3.63) is 58.1 Å². The molecule has 0 fully saturated rings. The lowest BCUT2D eigenvalue weighted by Crippen LogP contribution is -2.24. The van der Waals surface area contributed by atoms with Gasteiger partial charge >= 0.3 is 5.97 Å². The fourth-order valence-corrected chi connectivity index (χ4v) is 2.93. The fourth-order valence-electron chi connectivity index (χ4n) is 2.51. The molecule has 1 aliphatic heterocycles. The first kappa shape index (κ1) is 14.9. The molecule has 0 aliphatic carbocycles. The van der Waals surface area contributed by atoms with Crippen LogP contribution in [0.2, 0.25) is 0 Å². The fraction of sp³-hybridized carbons (Fsp3) is 0.235. The van der Waals surface area contributed by atoms with Gasteiger partial charge in [-0.3, -0.25) is 4.79 Å². The quantitative estimate of drug-likeness (QED) is 0.846. The molecule has 1 aliphatic rings. The van der Waals surface area contributed by atoms with Gasteiger partial charge in [0.1, 0.15) is 11.9 Å². The first-order chi connectivity index (χ1) is 10.7. The Morgan fingerprint density at radius 3 is 2.95 bits per heavy atom. The number of halogens is 1. The normalized spacial score (nSPS) is 16.2. The molecule has 0 saturated carbocycles. The minimum Gasteiger partial charge on any atom is -0.481 e. The SMILES string of the molecule is COC(=O)Cc1cccc2c1O[C@H](c1cccc(Br)c1)CN2. The molecule has 0 aromatic heterocycles. The average Bonchev–Trinajstić information content (AvgIpc) is 2.54. The molecule has 1 N–H and O–H groups in total. The number of benzene rings is 2. The maximum absolute atomic E-state index is 11.6. The first-order valence-electron chi connectivity index (χ1n) is 7.02. The molecular weight excluding hydrogens is 346 g/mol. The third-order valence-electron chi connectivity index (χ3n) is 3.62. The number of rotatable bonds is 3. The van der Waals surface area contributed by atoms with Crippen molar-refractivity contribution < 1.29 is 14.3 Å². The molecule has 0 bridgehead atoms. The van der Waals surface area contributed by atoms with Crippen molar-refractivity contribution in [3.8, 4) is 5.75 Å². The summed E-state index contributed by atoms with van der Waals surface area (Å²) in [5.41, 5.74) is 2.82. The van der Waals surface area contributed by atoms with Crippen LogP contribution in [0.15, 0.2) is 46.9 Å². The highest BCUT2D eigenvalue weighted by atomic mass is 79.9. The monoisotopic (exact) mass is 361 g/mol. The van der Waals surface area contributed by atoms with Crippen LogP contribution >= 0.6 is 15.9 Å². The number of hydrogen-bond donors (Lipinski definition) is 1. The molecule has 0 spiro atoms. The third kappa shape index (κ3) is 3.09. The van der Waals surface area contributed by atoms with E-state index in [4.69, 9.17) is 9.47 Å². The summed E-state index contributed by atoms with van der Waals surface area (Å²) in [6, 6.07) is 13.8. The van der Waals surface area contributed by atoms with Gasteiger partial charge in [-0.1, -0.05) is 40.2 Å². The van der Waals surface area contributed by atoms with E-state index in [0.29, 0.717) is 6.54 Å². The second-order valence-corrected chi connectivity index (χ2v) is 6.00. The molecule has 4 nitrogen and oxygen atoms in total. The molecule has 0 radical (unpaired) electrons. The number of fused-ring (bicyclic) bond motifs is 1. The van der Waals surface area contributed by atoms with E-state index in [1.807, 2.05) is 42.5 Å². The van der Waals surface area contributed by atoms with E-state index in [9.17, 15) is 4.79 Å². The van der Waals surface area contributed by atoms with Gasteiger partial charge in [-0.15, -0.1) is 0 Å². The van der Waals surface area contributed by atoms with E-state index >= 15 is 0 Å². The Morgan fingerprint density at radius 1 is 1.36 bits per heavy atom. The van der Waals surface area contributed by atoms with Crippen LogP contribution in [0, 0.1) is 0 Å². The summed E-state index contributed by atoms with van der Waals surface area (Å²) in [6.07, 6.45) is 0.107. The molecule has 0 unspecified atom stereocenters. The highest BCUT2D eigenvalue weighted by molar-refractivity contribution is 9.10. The van der Waals surface area contributed by atoms with Crippen LogP contribution in [0.1, 0.15) is 17.2 Å². The van der Waals surface area contributed by atoms with Gasteiger partial charge in [-0.25, -0.2) is 0 Å². The van der Waals surface area contributed by atoms with Crippen LogP contribution in [0.3, 0.4) is 0 Å². The molecule has 0 saturated heterocycles. The molecule has 22 heavy (non-hydrogen) atoms. The lowest BCUT2D eigenvalue weighted by molar-refractivity contribution is -0.139. The van der Waals surface area contributed by atoms with Crippen LogP contribution < -0.4 is 10.1 Å². The summed E-state index contributed by atoms with van der Waals surface area (Å²) in [4.78, 5) is 11.6. The average molecular weight is 362 g/mol. The zero-order valence-corrected chi connectivity index (χ0v) is 13.7. The van der Waals surface area contributed by atoms with Crippen molar-refractivity contribution in [3.63, 3.8) is 0 Å². The van der Waals surface area contributed by atoms with Gasteiger partial charge in [0.2, 0.25) is 0 Å². The third-order valence-corrected chi connectivity index (χ3v) is 4.11. The summed E-state index contributed by atoms with van der Waals surface area (Å²) < 4.78 is 11.9. The second kappa shape index (κ2) is 6.40. The van der Waals surface area contributed by atoms with Crippen LogP contribution in [0.25, 0.3) is 0 Å². The Morgan fingerprint density at radius 2 is 2.18 bits per heavy atom. The van der Waals surface area contributed by atoms with Gasteiger partial charge in [0, 0.05) is 10.0 Å². The predicted octanol–water partition coefficient (Wildman–Crippen LogP) is 3.71. The van der Waals surface area contributed by atoms with E-state index in [1.165, 1.54) is 7.11 Å². The largest absolute Gasteiger partial charge is 0.481 e. The number of methoxy groups -OCH3 is 1. The van der Waals surface area contributed by atoms with Crippen molar-refractivity contribution in [2.45, 2.75) is 12.5 Å². The predicted molar refractivity (Wildman–Crippen MR) is 88.2 cm³/mol. The second-order valence-electron chi connectivity index (χ2n) is 5.09. The molecule has 0 amide bonds. The van der Waals surface area contributed by atoms with Gasteiger partial charge in [0.15, 0.2) is 0 Å². The summed E-state index contributed by atoms with van der Waals surface area (Å²) in [7, 11) is 1.39. The number of ether oxygens (including phenoxy) is 2. The Balaban J connectivity index is 1.89. The summed E-state index contributed by atoms with van der Waals surface area (Å²) in [6.45, 7) is 0.686. The summed E-state index contributed by atoms with van der Waals surface area (Å²) in [5, 5.41) is 3.37. The van der Waals surface area contributed by atoms with Gasteiger partial charge < -0.3 is 14.8 Å². The highest BCUT2D eigenvalue weighted by Crippen LogP contribution is 2.37. The standard InChI is InChI=1S/C17H16BrNO3/c1-21-16(20)9-12-5-3-7-14-17(12)22-15(10-19-14)11-4-2-6-13(18)8-11/h2-8,15,19H,9-10H2,1H3/t15-/m0/s1. The van der Waals surface area contributed by atoms with Crippen LogP contribution in [-0.4, -0.2) is 19.6 Å². The van der Waals surface area contributed by atoms with Gasteiger partial charge in [-0.05, 0) is 23.8 Å². The molecule has 1 heterocycles. The van der Waals surface area contributed by atoms with Gasteiger partial charge in [-0.2, -0.15) is 0 Å². The van der Waals surface area contributed by atoms with E-state index in [1.54, 1.807) is 0 Å². The number of hydrogen-bond acceptors (Lipinski definition) is 4. The van der Waals surface area contributed by atoms with E-state index in [0.717, 1.165) is 27.0 Å². The molecule has 2 aromatic rings. The molecular formula is C17H16BrNO3. The minimum atomic E-state index is -0.276. The number of esters is 1. The van der Waals surface area contributed by atoms with Crippen LogP contribution in [-0.2, 0) is 16.0 Å². The maximum Gasteiger partial charge on any atom is 0.310 e.